The maximum atomic E-state index is 11.4. The van der Waals surface area contributed by atoms with Crippen molar-refractivity contribution < 1.29 is 4.79 Å². The van der Waals surface area contributed by atoms with Gasteiger partial charge in [-0.25, -0.2) is 0 Å². The van der Waals surface area contributed by atoms with Gasteiger partial charge in [0.15, 0.2) is 0 Å². The molecular weight excluding hydrogens is 186 g/mol. The van der Waals surface area contributed by atoms with Crippen molar-refractivity contribution in [3.8, 4) is 0 Å². The van der Waals surface area contributed by atoms with E-state index >= 15 is 0 Å². The van der Waals surface area contributed by atoms with Crippen LogP contribution >= 0.6 is 0 Å². The molecule has 0 aliphatic carbocycles. The number of ketones is 1. The molecule has 0 spiro atoms. The van der Waals surface area contributed by atoms with Crippen molar-refractivity contribution in [3.05, 3.63) is 0 Å². The van der Waals surface area contributed by atoms with Crippen LogP contribution in [0.4, 0.5) is 0 Å². The zero-order valence-corrected chi connectivity index (χ0v) is 10.6. The standard InChI is InChI=1S/C13H27NO/c1-4-5-6-7-8-9-13(15)10-11-14-12(2)3/h12,14H,4-11H2,1-3H3. The van der Waals surface area contributed by atoms with Gasteiger partial charge in [-0.2, -0.15) is 0 Å². The highest BCUT2D eigenvalue weighted by Gasteiger charge is 2.01. The van der Waals surface area contributed by atoms with Gasteiger partial charge in [0.1, 0.15) is 5.78 Å². The molecule has 0 amide bonds. The molecule has 0 aromatic rings. The van der Waals surface area contributed by atoms with Gasteiger partial charge in [0.25, 0.3) is 0 Å². The minimum atomic E-state index is 0.416. The summed E-state index contributed by atoms with van der Waals surface area (Å²) in [5, 5.41) is 3.27. The summed E-state index contributed by atoms with van der Waals surface area (Å²) in [7, 11) is 0. The Morgan fingerprint density at radius 3 is 2.33 bits per heavy atom. The summed E-state index contributed by atoms with van der Waals surface area (Å²) in [5.74, 6) is 0.416. The van der Waals surface area contributed by atoms with E-state index < -0.39 is 0 Å². The molecule has 2 nitrogen and oxygen atoms in total. The normalized spacial score (nSPS) is 10.9. The number of carbonyl (C=O) groups is 1. The first-order chi connectivity index (χ1) is 7.16. The van der Waals surface area contributed by atoms with Crippen LogP contribution in [0.15, 0.2) is 0 Å². The quantitative estimate of drug-likeness (QED) is 0.564. The number of rotatable bonds is 10. The number of nitrogens with one attached hydrogen (secondary N) is 1. The monoisotopic (exact) mass is 213 g/mol. The molecular formula is C13H27NO. The van der Waals surface area contributed by atoms with Gasteiger partial charge in [-0.05, 0) is 6.42 Å². The van der Waals surface area contributed by atoms with Crippen LogP contribution in [0.5, 0.6) is 0 Å². The summed E-state index contributed by atoms with van der Waals surface area (Å²) >= 11 is 0. The van der Waals surface area contributed by atoms with E-state index in [1.54, 1.807) is 0 Å². The average Bonchev–Trinajstić information content (AvgIpc) is 2.17. The summed E-state index contributed by atoms with van der Waals surface area (Å²) in [6, 6.07) is 0.488. The number of unbranched alkanes of at least 4 members (excludes halogenated alkanes) is 4. The van der Waals surface area contributed by atoms with E-state index in [0.717, 1.165) is 19.4 Å². The molecule has 90 valence electrons. The van der Waals surface area contributed by atoms with E-state index in [0.29, 0.717) is 18.2 Å². The van der Waals surface area contributed by atoms with Gasteiger partial charge in [-0.3, -0.25) is 4.79 Å². The third-order valence-electron chi connectivity index (χ3n) is 2.52. The second kappa shape index (κ2) is 10.2. The zero-order chi connectivity index (χ0) is 11.5. The van der Waals surface area contributed by atoms with Crippen LogP contribution in [0, 0.1) is 0 Å². The van der Waals surface area contributed by atoms with Crippen LogP contribution < -0.4 is 5.32 Å². The fourth-order valence-corrected chi connectivity index (χ4v) is 1.55. The first-order valence-electron chi connectivity index (χ1n) is 6.42. The van der Waals surface area contributed by atoms with E-state index in [1.807, 2.05) is 0 Å². The summed E-state index contributed by atoms with van der Waals surface area (Å²) in [6.45, 7) is 7.26. The molecule has 1 N–H and O–H groups in total. The van der Waals surface area contributed by atoms with Crippen LogP contribution in [-0.2, 0) is 4.79 Å². The molecule has 0 atom stereocenters. The molecule has 0 rings (SSSR count). The summed E-state index contributed by atoms with van der Waals surface area (Å²) in [5.41, 5.74) is 0. The molecule has 0 heterocycles. The van der Waals surface area contributed by atoms with Crippen molar-refractivity contribution in [3.63, 3.8) is 0 Å². The van der Waals surface area contributed by atoms with Crippen LogP contribution in [0.1, 0.15) is 65.7 Å². The van der Waals surface area contributed by atoms with Crippen LogP contribution in [0.2, 0.25) is 0 Å². The van der Waals surface area contributed by atoms with Gasteiger partial charge < -0.3 is 5.32 Å². The Kier molecular flexibility index (Phi) is 9.91. The predicted octanol–water partition coefficient (Wildman–Crippen LogP) is 3.30. The van der Waals surface area contributed by atoms with Crippen molar-refractivity contribution in [1.82, 2.24) is 5.32 Å². The smallest absolute Gasteiger partial charge is 0.134 e. The minimum absolute atomic E-state index is 0.416. The Labute approximate surface area is 94.8 Å². The Morgan fingerprint density at radius 2 is 1.73 bits per heavy atom. The van der Waals surface area contributed by atoms with Crippen LogP contribution in [0.3, 0.4) is 0 Å². The number of hydrogen-bond donors (Lipinski definition) is 1. The second-order valence-electron chi connectivity index (χ2n) is 4.56. The molecule has 0 radical (unpaired) electrons. The average molecular weight is 213 g/mol. The molecule has 0 aliphatic rings. The van der Waals surface area contributed by atoms with Crippen molar-refractivity contribution in [1.29, 1.82) is 0 Å². The van der Waals surface area contributed by atoms with Gasteiger partial charge in [0, 0.05) is 25.4 Å². The van der Waals surface area contributed by atoms with Crippen molar-refractivity contribution in [2.45, 2.75) is 71.8 Å². The molecule has 0 unspecified atom stereocenters. The van der Waals surface area contributed by atoms with Crippen molar-refractivity contribution >= 4 is 5.78 Å². The Balaban J connectivity index is 3.19. The largest absolute Gasteiger partial charge is 0.314 e. The van der Waals surface area contributed by atoms with E-state index in [1.165, 1.54) is 25.7 Å². The number of carbonyl (C=O) groups excluding carboxylic acids is 1. The lowest BCUT2D eigenvalue weighted by molar-refractivity contribution is -0.119. The van der Waals surface area contributed by atoms with E-state index in [2.05, 4.69) is 26.1 Å². The lowest BCUT2D eigenvalue weighted by atomic mass is 10.1. The summed E-state index contributed by atoms with van der Waals surface area (Å²) in [6.07, 6.45) is 7.65. The van der Waals surface area contributed by atoms with E-state index in [9.17, 15) is 4.79 Å². The number of Topliss-reactive ketones (excluding diaryl/α,β-unsaturated/α-hetero) is 1. The van der Waals surface area contributed by atoms with Crippen molar-refractivity contribution in [2.24, 2.45) is 0 Å². The first kappa shape index (κ1) is 14.6. The fraction of sp³-hybridized carbons (Fsp3) is 0.923. The van der Waals surface area contributed by atoms with Gasteiger partial charge >= 0.3 is 0 Å². The third-order valence-corrected chi connectivity index (χ3v) is 2.52. The Bertz CT molecular complexity index is 155. The molecule has 0 aromatic heterocycles. The fourth-order valence-electron chi connectivity index (χ4n) is 1.55. The highest BCUT2D eigenvalue weighted by molar-refractivity contribution is 5.78. The van der Waals surface area contributed by atoms with Gasteiger partial charge in [-0.1, -0.05) is 46.5 Å². The maximum absolute atomic E-state index is 11.4. The van der Waals surface area contributed by atoms with Gasteiger partial charge in [-0.15, -0.1) is 0 Å². The van der Waals surface area contributed by atoms with Crippen LogP contribution in [-0.4, -0.2) is 18.4 Å². The molecule has 0 saturated carbocycles. The number of hydrogen-bond acceptors (Lipinski definition) is 2. The molecule has 0 aromatic carbocycles. The van der Waals surface area contributed by atoms with Gasteiger partial charge in [0.05, 0.1) is 0 Å². The summed E-state index contributed by atoms with van der Waals surface area (Å²) in [4.78, 5) is 11.4. The minimum Gasteiger partial charge on any atom is -0.314 e. The molecule has 0 fully saturated rings. The molecule has 2 heteroatoms. The Morgan fingerprint density at radius 1 is 1.07 bits per heavy atom. The first-order valence-corrected chi connectivity index (χ1v) is 6.42. The van der Waals surface area contributed by atoms with Crippen LogP contribution in [0.25, 0.3) is 0 Å². The predicted molar refractivity (Wildman–Crippen MR) is 66.1 cm³/mol. The molecule has 15 heavy (non-hydrogen) atoms. The van der Waals surface area contributed by atoms with Gasteiger partial charge in [0.2, 0.25) is 0 Å². The lowest BCUT2D eigenvalue weighted by Crippen LogP contribution is -2.25. The molecule has 0 saturated heterocycles. The highest BCUT2D eigenvalue weighted by Crippen LogP contribution is 2.06. The SMILES string of the molecule is CCCCCCCC(=O)CCNC(C)C. The highest BCUT2D eigenvalue weighted by atomic mass is 16.1. The molecule has 0 bridgehead atoms. The summed E-state index contributed by atoms with van der Waals surface area (Å²) < 4.78 is 0. The third kappa shape index (κ3) is 11.6. The van der Waals surface area contributed by atoms with E-state index in [-0.39, 0.29) is 0 Å². The van der Waals surface area contributed by atoms with E-state index in [4.69, 9.17) is 0 Å². The maximum Gasteiger partial charge on any atom is 0.134 e. The van der Waals surface area contributed by atoms with Crippen molar-refractivity contribution in [2.75, 3.05) is 6.54 Å². The topological polar surface area (TPSA) is 29.1 Å². The molecule has 0 aliphatic heterocycles. The lowest BCUT2D eigenvalue weighted by Gasteiger charge is -2.06. The Hall–Kier alpha value is -0.370. The second-order valence-corrected chi connectivity index (χ2v) is 4.56. The zero-order valence-electron chi connectivity index (χ0n) is 10.6.